The van der Waals surface area contributed by atoms with E-state index in [-0.39, 0.29) is 17.8 Å². The van der Waals surface area contributed by atoms with Gasteiger partial charge in [0.25, 0.3) is 11.8 Å². The summed E-state index contributed by atoms with van der Waals surface area (Å²) in [7, 11) is 5.65. The number of carbonyl (C=O) groups excluding carboxylic acids is 3. The van der Waals surface area contributed by atoms with E-state index in [2.05, 4.69) is 46.5 Å². The van der Waals surface area contributed by atoms with Gasteiger partial charge < -0.3 is 30.1 Å². The number of benzene rings is 4. The molecule has 2 fully saturated rings. The number of ether oxygens (including phenoxy) is 1. The molecule has 4 aromatic carbocycles. The highest BCUT2D eigenvalue weighted by Gasteiger charge is 2.27. The summed E-state index contributed by atoms with van der Waals surface area (Å²) in [5.74, 6) is 1.86. The molecule has 4 aliphatic rings. The molecule has 0 aliphatic carbocycles. The SMILES string of the molecule is C=C(NCCC1CCN(C(=O)c2ccc(-c3ccc4c(c3)C=C(C(=O)OCC)CC(N(C)C)=N4)cc2)C1)C1=Cc2cc(-c3ccc(C(=O)N4CCCC4)cc3)ccc2NC(=NC)C1. The molecule has 0 spiro atoms. The molecule has 4 aromatic rings. The highest BCUT2D eigenvalue weighted by Crippen LogP contribution is 2.34. The Balaban J connectivity index is 0.869. The van der Waals surface area contributed by atoms with Gasteiger partial charge in [0.05, 0.1) is 12.3 Å². The van der Waals surface area contributed by atoms with Crippen LogP contribution < -0.4 is 10.6 Å². The summed E-state index contributed by atoms with van der Waals surface area (Å²) >= 11 is 0. The Kier molecular flexibility index (Phi) is 13.0. The van der Waals surface area contributed by atoms with Gasteiger partial charge in [-0.05, 0) is 133 Å². The van der Waals surface area contributed by atoms with Crippen molar-refractivity contribution in [2.24, 2.45) is 15.9 Å². The normalized spacial score (nSPS) is 17.6. The van der Waals surface area contributed by atoms with Gasteiger partial charge in [0, 0.05) is 100 Å². The van der Waals surface area contributed by atoms with Gasteiger partial charge in [0.15, 0.2) is 0 Å². The number of carbonyl (C=O) groups is 3. The summed E-state index contributed by atoms with van der Waals surface area (Å²) in [6.45, 7) is 10.4. The van der Waals surface area contributed by atoms with E-state index in [1.807, 2.05) is 102 Å². The van der Waals surface area contributed by atoms with E-state index >= 15 is 0 Å². The number of nitrogens with zero attached hydrogens (tertiary/aromatic N) is 5. The van der Waals surface area contributed by atoms with Crippen LogP contribution in [0.15, 0.2) is 118 Å². The maximum Gasteiger partial charge on any atom is 0.334 e. The predicted molar refractivity (Wildman–Crippen MR) is 254 cm³/mol. The quantitative estimate of drug-likeness (QED) is 0.145. The fourth-order valence-corrected chi connectivity index (χ4v) is 8.76. The molecular weight excluding hydrogens is 787 g/mol. The van der Waals surface area contributed by atoms with Gasteiger partial charge in [-0.15, -0.1) is 0 Å². The minimum absolute atomic E-state index is 0.0444. The van der Waals surface area contributed by atoms with Crippen LogP contribution in [0.3, 0.4) is 0 Å². The van der Waals surface area contributed by atoms with Crippen LogP contribution in [0, 0.1) is 5.92 Å². The Morgan fingerprint density at radius 3 is 2.08 bits per heavy atom. The number of hydrogen-bond acceptors (Lipinski definition) is 8. The van der Waals surface area contributed by atoms with Gasteiger partial charge in [-0.25, -0.2) is 9.79 Å². The molecule has 4 heterocycles. The summed E-state index contributed by atoms with van der Waals surface area (Å²) in [6, 6.07) is 28.1. The Morgan fingerprint density at radius 2 is 1.43 bits per heavy atom. The number of amides is 2. The van der Waals surface area contributed by atoms with Gasteiger partial charge >= 0.3 is 5.97 Å². The first-order valence-corrected chi connectivity index (χ1v) is 22.1. The molecule has 4 aliphatic heterocycles. The molecule has 8 rings (SSSR count). The average Bonchev–Trinajstić information content (AvgIpc) is 3.93. The van der Waals surface area contributed by atoms with Crippen LogP contribution >= 0.6 is 0 Å². The highest BCUT2D eigenvalue weighted by molar-refractivity contribution is 6.04. The number of aliphatic imine (C=N–C) groups is 2. The van der Waals surface area contributed by atoms with Crippen LogP contribution in [0.2, 0.25) is 0 Å². The maximum absolute atomic E-state index is 13.7. The molecule has 11 nitrogen and oxygen atoms in total. The van der Waals surface area contributed by atoms with Gasteiger partial charge in [0.1, 0.15) is 11.7 Å². The average molecular weight is 844 g/mol. The van der Waals surface area contributed by atoms with Crippen LogP contribution in [0.25, 0.3) is 34.4 Å². The van der Waals surface area contributed by atoms with Crippen molar-refractivity contribution < 1.29 is 19.1 Å². The second kappa shape index (κ2) is 19.1. The lowest BCUT2D eigenvalue weighted by molar-refractivity contribution is -0.138. The zero-order valence-corrected chi connectivity index (χ0v) is 36.9. The predicted octanol–water partition coefficient (Wildman–Crippen LogP) is 9.08. The zero-order valence-electron chi connectivity index (χ0n) is 36.9. The van der Waals surface area contributed by atoms with Crippen molar-refractivity contribution in [3.05, 3.63) is 131 Å². The number of amidine groups is 2. The third-order valence-electron chi connectivity index (χ3n) is 12.5. The van der Waals surface area contributed by atoms with E-state index in [0.717, 1.165) is 125 Å². The number of fused-ring (bicyclic) bond motifs is 2. The van der Waals surface area contributed by atoms with E-state index < -0.39 is 0 Å². The minimum atomic E-state index is -0.335. The number of hydrogen-bond donors (Lipinski definition) is 2. The molecule has 2 N–H and O–H groups in total. The van der Waals surface area contributed by atoms with Gasteiger partial charge in [-0.2, -0.15) is 0 Å². The molecule has 11 heteroatoms. The molecule has 0 radical (unpaired) electrons. The third-order valence-corrected chi connectivity index (χ3v) is 12.5. The maximum atomic E-state index is 13.7. The zero-order chi connectivity index (χ0) is 44.0. The minimum Gasteiger partial charge on any atom is -0.463 e. The number of anilines is 1. The van der Waals surface area contributed by atoms with Gasteiger partial charge in [-0.3, -0.25) is 14.6 Å². The Morgan fingerprint density at radius 1 is 0.810 bits per heavy atom. The van der Waals surface area contributed by atoms with Crippen LogP contribution in [-0.4, -0.2) is 105 Å². The number of rotatable bonds is 11. The molecule has 1 unspecified atom stereocenters. The standard InChI is InChI=1S/C52H57N7O4/c1-6-63-52(62)45-30-44-28-41(18-20-47(44)56-49(32-45)57(4)5)37-11-15-39(16-12-37)51(61)59-26-22-35(33-59)21-23-54-34(2)42-29-43-27-40(17-19-46(43)55-48(31-42)53-3)36-9-13-38(14-10-36)50(60)58-24-7-8-25-58/h9-20,27-30,35,54H,2,6-8,21-26,31-33H2,1,3-5H3,(H,53,55). The molecule has 2 amide bonds. The van der Waals surface area contributed by atoms with Crippen molar-refractivity contribution in [3.8, 4) is 22.3 Å². The smallest absolute Gasteiger partial charge is 0.334 e. The lowest BCUT2D eigenvalue weighted by Gasteiger charge is -2.18. The summed E-state index contributed by atoms with van der Waals surface area (Å²) in [5, 5.41) is 7.10. The molecule has 324 valence electrons. The first kappa shape index (κ1) is 42.9. The highest BCUT2D eigenvalue weighted by atomic mass is 16.5. The largest absolute Gasteiger partial charge is 0.463 e. The first-order chi connectivity index (χ1) is 30.6. The van der Waals surface area contributed by atoms with Crippen LogP contribution in [0.4, 0.5) is 11.4 Å². The number of allylic oxidation sites excluding steroid dienone is 1. The van der Waals surface area contributed by atoms with Gasteiger partial charge in [-0.1, -0.05) is 43.0 Å². The first-order valence-electron chi connectivity index (χ1n) is 22.1. The molecule has 63 heavy (non-hydrogen) atoms. The summed E-state index contributed by atoms with van der Waals surface area (Å²) in [5.41, 5.74) is 11.6. The Hall–Kier alpha value is -6.75. The fourth-order valence-electron chi connectivity index (χ4n) is 8.76. The topological polar surface area (TPSA) is 119 Å². The van der Waals surface area contributed by atoms with E-state index in [1.54, 1.807) is 14.0 Å². The van der Waals surface area contributed by atoms with E-state index in [4.69, 9.17) is 9.73 Å². The van der Waals surface area contributed by atoms with Gasteiger partial charge in [0.2, 0.25) is 0 Å². The van der Waals surface area contributed by atoms with Crippen molar-refractivity contribution in [2.45, 2.75) is 45.4 Å². The van der Waals surface area contributed by atoms with Crippen molar-refractivity contribution in [3.63, 3.8) is 0 Å². The summed E-state index contributed by atoms with van der Waals surface area (Å²) in [4.78, 5) is 54.6. The fraction of sp³-hybridized carbons (Fsp3) is 0.327. The summed E-state index contributed by atoms with van der Waals surface area (Å²) < 4.78 is 5.34. The van der Waals surface area contributed by atoms with E-state index in [1.165, 1.54) is 0 Å². The lowest BCUT2D eigenvalue weighted by Crippen LogP contribution is -2.29. The second-order valence-corrected chi connectivity index (χ2v) is 17.0. The van der Waals surface area contributed by atoms with Crippen LogP contribution in [-0.2, 0) is 9.53 Å². The monoisotopic (exact) mass is 843 g/mol. The number of nitrogens with one attached hydrogen (secondary N) is 2. The molecule has 0 aromatic heterocycles. The van der Waals surface area contributed by atoms with E-state index in [0.29, 0.717) is 43.0 Å². The number of likely N-dealkylation sites (tertiary alicyclic amines) is 2. The molecular formula is C52H57N7O4. The van der Waals surface area contributed by atoms with Crippen molar-refractivity contribution in [2.75, 3.05) is 65.8 Å². The molecule has 2 saturated heterocycles. The van der Waals surface area contributed by atoms with E-state index in [9.17, 15) is 14.4 Å². The summed E-state index contributed by atoms with van der Waals surface area (Å²) in [6.07, 6.45) is 9.10. The Labute approximate surface area is 370 Å². The molecule has 1 atom stereocenters. The molecule has 0 bridgehead atoms. The third kappa shape index (κ3) is 9.83. The second-order valence-electron chi connectivity index (χ2n) is 17.0. The van der Waals surface area contributed by atoms with Crippen molar-refractivity contribution in [1.82, 2.24) is 20.0 Å². The number of esters is 1. The van der Waals surface area contributed by atoms with Crippen molar-refractivity contribution >= 4 is 53.0 Å². The van der Waals surface area contributed by atoms with Crippen LogP contribution in [0.5, 0.6) is 0 Å². The lowest BCUT2D eigenvalue weighted by atomic mass is 9.99. The van der Waals surface area contributed by atoms with Crippen molar-refractivity contribution in [1.29, 1.82) is 0 Å². The Bertz CT molecular complexity index is 2530. The molecule has 0 saturated carbocycles. The van der Waals surface area contributed by atoms with Crippen LogP contribution in [0.1, 0.15) is 77.3 Å².